The maximum atomic E-state index is 12.5. The van der Waals surface area contributed by atoms with Crippen LogP contribution >= 0.6 is 0 Å². The Balaban J connectivity index is 1.97. The van der Waals surface area contributed by atoms with E-state index in [9.17, 15) is 13.6 Å². The number of rotatable bonds is 5. The molecule has 124 valence electrons. The Kier molecular flexibility index (Phi) is 4.01. The summed E-state index contributed by atoms with van der Waals surface area (Å²) in [5.74, 6) is 0.872. The Morgan fingerprint density at radius 3 is 2.50 bits per heavy atom. The molecule has 2 bridgehead atoms. The molecular weight excluding hydrogens is 298 g/mol. The van der Waals surface area contributed by atoms with E-state index >= 15 is 0 Å². The van der Waals surface area contributed by atoms with E-state index in [0.717, 1.165) is 19.3 Å². The predicted molar refractivity (Wildman–Crippen MR) is 87.1 cm³/mol. The highest BCUT2D eigenvalue weighted by Crippen LogP contribution is 2.73. The minimum Gasteiger partial charge on any atom is -0.289 e. The quantitative estimate of drug-likeness (QED) is 0.621. The average molecular weight is 325 g/mol. The molecule has 3 rings (SSSR count). The first-order valence-corrected chi connectivity index (χ1v) is 9.53. The van der Waals surface area contributed by atoms with Crippen LogP contribution in [0.25, 0.3) is 0 Å². The van der Waals surface area contributed by atoms with Gasteiger partial charge in [-0.3, -0.25) is 9.35 Å². The number of carbonyl (C=O) groups is 1. The molecule has 22 heavy (non-hydrogen) atoms. The summed E-state index contributed by atoms with van der Waals surface area (Å²) in [5, 5.41) is 0. The van der Waals surface area contributed by atoms with Crippen molar-refractivity contribution in [2.75, 3.05) is 0 Å². The van der Waals surface area contributed by atoms with Gasteiger partial charge in [0, 0.05) is 11.5 Å². The molecule has 0 heterocycles. The van der Waals surface area contributed by atoms with Crippen LogP contribution in [0, 0.1) is 22.7 Å². The highest BCUT2D eigenvalue weighted by Gasteiger charge is 2.70. The number of fused-ring (bicyclic) bond motifs is 2. The van der Waals surface area contributed by atoms with E-state index in [0.29, 0.717) is 11.8 Å². The number of carbonyl (C=O) groups excluding carboxylic acids is 1. The highest BCUT2D eigenvalue weighted by molar-refractivity contribution is 7.77. The van der Waals surface area contributed by atoms with Crippen LogP contribution in [-0.4, -0.2) is 25.0 Å². The second kappa shape index (κ2) is 5.45. The molecule has 0 aliphatic heterocycles. The molecule has 0 saturated heterocycles. The molecule has 0 radical (unpaired) electrons. The average Bonchev–Trinajstić information content (AvgIpc) is 3.23. The number of nitrogens with zero attached hydrogens (tertiary/aromatic N) is 1. The molecule has 0 aromatic rings. The molecule has 4 atom stereocenters. The second-order valence-electron chi connectivity index (χ2n) is 7.73. The number of allylic oxidation sites excluding steroid dienone is 1. The number of hydrogen-bond donors (Lipinski definition) is 1. The molecule has 4 nitrogen and oxygen atoms in total. The lowest BCUT2D eigenvalue weighted by molar-refractivity contribution is -0.125. The van der Waals surface area contributed by atoms with Gasteiger partial charge in [0.1, 0.15) is 0 Å². The van der Waals surface area contributed by atoms with Gasteiger partial charge in [0.15, 0.2) is 0 Å². The fraction of sp³-hybridized carbons (Fsp3) is 0.824. The SMILES string of the molecule is CC/C=C\C(=O)N([C@H]1CC2CC[C@@]1(C1CC1)C2(C)C)S(=O)O. The summed E-state index contributed by atoms with van der Waals surface area (Å²) in [6.07, 6.45) is 9.57. The van der Waals surface area contributed by atoms with Crippen LogP contribution in [0.5, 0.6) is 0 Å². The maximum absolute atomic E-state index is 12.5. The van der Waals surface area contributed by atoms with E-state index in [1.54, 1.807) is 6.08 Å². The van der Waals surface area contributed by atoms with Gasteiger partial charge >= 0.3 is 0 Å². The summed E-state index contributed by atoms with van der Waals surface area (Å²) in [7, 11) is 0. The molecule has 3 aliphatic rings. The summed E-state index contributed by atoms with van der Waals surface area (Å²) in [6, 6.07) is -0.0893. The molecular formula is C17H27NO3S. The second-order valence-corrected chi connectivity index (χ2v) is 8.58. The third kappa shape index (κ3) is 2.12. The summed E-state index contributed by atoms with van der Waals surface area (Å²) in [4.78, 5) is 12.5. The lowest BCUT2D eigenvalue weighted by Gasteiger charge is -2.46. The summed E-state index contributed by atoms with van der Waals surface area (Å²) in [6.45, 7) is 6.58. The molecule has 3 fully saturated rings. The van der Waals surface area contributed by atoms with Crippen molar-refractivity contribution in [3.63, 3.8) is 0 Å². The van der Waals surface area contributed by atoms with Gasteiger partial charge in [-0.15, -0.1) is 0 Å². The van der Waals surface area contributed by atoms with E-state index in [2.05, 4.69) is 13.8 Å². The van der Waals surface area contributed by atoms with Gasteiger partial charge in [-0.1, -0.05) is 26.8 Å². The largest absolute Gasteiger partial charge is 0.289 e. The van der Waals surface area contributed by atoms with Crippen LogP contribution in [0.4, 0.5) is 0 Å². The van der Waals surface area contributed by atoms with Crippen molar-refractivity contribution in [3.8, 4) is 0 Å². The van der Waals surface area contributed by atoms with Gasteiger partial charge in [0.2, 0.25) is 0 Å². The lowest BCUT2D eigenvalue weighted by atomic mass is 9.64. The fourth-order valence-corrected chi connectivity index (χ4v) is 6.21. The smallest absolute Gasteiger partial charge is 0.264 e. The summed E-state index contributed by atoms with van der Waals surface area (Å²) < 4.78 is 23.0. The molecule has 0 aromatic heterocycles. The van der Waals surface area contributed by atoms with Crippen molar-refractivity contribution < 1.29 is 13.6 Å². The maximum Gasteiger partial charge on any atom is 0.264 e. The number of amides is 1. The fourth-order valence-electron chi connectivity index (χ4n) is 5.50. The van der Waals surface area contributed by atoms with Crippen LogP contribution in [0.1, 0.15) is 59.3 Å². The van der Waals surface area contributed by atoms with Gasteiger partial charge in [-0.2, -0.15) is 0 Å². The van der Waals surface area contributed by atoms with Crippen molar-refractivity contribution in [1.29, 1.82) is 0 Å². The molecule has 5 heteroatoms. The molecule has 1 amide bonds. The van der Waals surface area contributed by atoms with Crippen LogP contribution in [0.15, 0.2) is 12.2 Å². The third-order valence-corrected chi connectivity index (χ3v) is 7.47. The van der Waals surface area contributed by atoms with Crippen LogP contribution in [0.3, 0.4) is 0 Å². The van der Waals surface area contributed by atoms with Gasteiger partial charge in [0.25, 0.3) is 17.2 Å². The first-order chi connectivity index (χ1) is 10.4. The Morgan fingerprint density at radius 2 is 2.00 bits per heavy atom. The Morgan fingerprint density at radius 1 is 1.32 bits per heavy atom. The summed E-state index contributed by atoms with van der Waals surface area (Å²) >= 11 is -2.24. The third-order valence-electron chi connectivity index (χ3n) is 6.70. The molecule has 2 unspecified atom stereocenters. The number of hydrogen-bond acceptors (Lipinski definition) is 2. The topological polar surface area (TPSA) is 57.6 Å². The molecule has 3 aliphatic carbocycles. The first-order valence-electron chi connectivity index (χ1n) is 8.47. The standard InChI is InChI=1S/C17H27NO3S/c1-4-5-6-15(19)18(22(20)21)14-11-13-9-10-17(14,12-7-8-12)16(13,2)3/h5-6,12-14H,4,7-11H2,1-3H3,(H,20,21)/b6-5-/t13?,14-,17-/m0/s1. The zero-order valence-electron chi connectivity index (χ0n) is 13.7. The Hall–Kier alpha value is -0.680. The molecule has 1 N–H and O–H groups in total. The highest BCUT2D eigenvalue weighted by atomic mass is 32.2. The summed E-state index contributed by atoms with van der Waals surface area (Å²) in [5.41, 5.74) is 0.191. The first kappa shape index (κ1) is 16.2. The zero-order valence-corrected chi connectivity index (χ0v) is 14.6. The van der Waals surface area contributed by atoms with Gasteiger partial charge in [0.05, 0.1) is 6.04 Å². The minimum atomic E-state index is -2.24. The molecule has 0 spiro atoms. The van der Waals surface area contributed by atoms with Crippen molar-refractivity contribution in [3.05, 3.63) is 12.2 Å². The molecule has 3 saturated carbocycles. The van der Waals surface area contributed by atoms with Crippen molar-refractivity contribution >= 4 is 17.2 Å². The predicted octanol–water partition coefficient (Wildman–Crippen LogP) is 3.52. The van der Waals surface area contributed by atoms with Crippen molar-refractivity contribution in [2.24, 2.45) is 22.7 Å². The Bertz CT molecular complexity index is 526. The van der Waals surface area contributed by atoms with Gasteiger partial charge < -0.3 is 0 Å². The van der Waals surface area contributed by atoms with E-state index in [1.165, 1.54) is 29.6 Å². The van der Waals surface area contributed by atoms with Gasteiger partial charge in [-0.05, 0) is 55.8 Å². The van der Waals surface area contributed by atoms with E-state index in [1.807, 2.05) is 6.92 Å². The zero-order chi connectivity index (χ0) is 16.1. The van der Waals surface area contributed by atoms with Crippen LogP contribution < -0.4 is 0 Å². The van der Waals surface area contributed by atoms with Gasteiger partial charge in [-0.25, -0.2) is 8.51 Å². The monoisotopic (exact) mass is 325 g/mol. The van der Waals surface area contributed by atoms with Crippen LogP contribution in [0.2, 0.25) is 0 Å². The van der Waals surface area contributed by atoms with Crippen LogP contribution in [-0.2, 0) is 16.1 Å². The van der Waals surface area contributed by atoms with E-state index in [-0.39, 0.29) is 22.8 Å². The molecule has 0 aromatic carbocycles. The van der Waals surface area contributed by atoms with E-state index in [4.69, 9.17) is 0 Å². The van der Waals surface area contributed by atoms with E-state index < -0.39 is 11.3 Å². The lowest BCUT2D eigenvalue weighted by Crippen LogP contribution is -2.52. The van der Waals surface area contributed by atoms with Crippen molar-refractivity contribution in [1.82, 2.24) is 4.31 Å². The minimum absolute atomic E-state index is 0.0335. The Labute approximate surface area is 135 Å². The normalized spacial score (nSPS) is 37.6. The van der Waals surface area contributed by atoms with Crippen molar-refractivity contribution in [2.45, 2.75) is 65.3 Å².